The summed E-state index contributed by atoms with van der Waals surface area (Å²) in [5, 5.41) is 9.41. The molecule has 0 aliphatic heterocycles. The molecule has 0 saturated heterocycles. The molecule has 1 aliphatic rings. The van der Waals surface area contributed by atoms with Crippen molar-refractivity contribution in [3.05, 3.63) is 52.0 Å². The van der Waals surface area contributed by atoms with Crippen molar-refractivity contribution in [1.29, 1.82) is 0 Å². The van der Waals surface area contributed by atoms with Crippen molar-refractivity contribution in [1.82, 2.24) is 15.5 Å². The summed E-state index contributed by atoms with van der Waals surface area (Å²) in [6.45, 7) is 7.26. The van der Waals surface area contributed by atoms with E-state index in [2.05, 4.69) is 54.4 Å². The smallest absolute Gasteiger partial charge is 0.141 e. The third-order valence-electron chi connectivity index (χ3n) is 5.49. The van der Waals surface area contributed by atoms with E-state index in [1.165, 1.54) is 52.5 Å². The van der Waals surface area contributed by atoms with Gasteiger partial charge in [0.1, 0.15) is 5.76 Å². The molecule has 0 saturated carbocycles. The molecule has 4 heteroatoms. The number of H-pyrrole nitrogens is 1. The molecule has 0 bridgehead atoms. The fraction of sp³-hybridized carbons (Fsp3) is 0.476. The Bertz CT molecular complexity index is 869. The van der Waals surface area contributed by atoms with Gasteiger partial charge < -0.3 is 14.8 Å². The second-order valence-corrected chi connectivity index (χ2v) is 7.13. The van der Waals surface area contributed by atoms with Gasteiger partial charge in [0.15, 0.2) is 0 Å². The van der Waals surface area contributed by atoms with Gasteiger partial charge in [0, 0.05) is 41.2 Å². The predicted octanol–water partition coefficient (Wildman–Crippen LogP) is 4.76. The van der Waals surface area contributed by atoms with Gasteiger partial charge in [0.05, 0.1) is 5.69 Å². The molecule has 2 N–H and O–H groups in total. The van der Waals surface area contributed by atoms with Crippen molar-refractivity contribution in [2.45, 2.75) is 65.5 Å². The highest BCUT2D eigenvalue weighted by Crippen LogP contribution is 2.35. The second kappa shape index (κ2) is 6.68. The molecule has 4 rings (SSSR count). The van der Waals surface area contributed by atoms with E-state index < -0.39 is 0 Å². The first kappa shape index (κ1) is 16.4. The van der Waals surface area contributed by atoms with Crippen molar-refractivity contribution in [3.8, 4) is 0 Å². The number of aromatic nitrogens is 2. The number of rotatable bonds is 5. The van der Waals surface area contributed by atoms with E-state index in [4.69, 9.17) is 4.52 Å². The standard InChI is InChI=1S/C21H27N3O/c1-4-17-16(20(5-2)25-24-17)12-22-19-8-6-7-14-15-11-13(3)9-10-18(15)23-21(14)19/h9-11,19,22-23H,4-8,12H2,1-3H3/t19-/m0/s1. The predicted molar refractivity (Wildman–Crippen MR) is 101 cm³/mol. The number of benzene rings is 1. The maximum absolute atomic E-state index is 5.51. The van der Waals surface area contributed by atoms with Gasteiger partial charge >= 0.3 is 0 Å². The molecule has 0 spiro atoms. The third-order valence-corrected chi connectivity index (χ3v) is 5.49. The Morgan fingerprint density at radius 1 is 1.28 bits per heavy atom. The Hall–Kier alpha value is -2.07. The molecule has 2 heterocycles. The van der Waals surface area contributed by atoms with Crippen LogP contribution >= 0.6 is 0 Å². The van der Waals surface area contributed by atoms with Gasteiger partial charge in [0.25, 0.3) is 0 Å². The van der Waals surface area contributed by atoms with Gasteiger partial charge in [-0.15, -0.1) is 0 Å². The monoisotopic (exact) mass is 337 g/mol. The summed E-state index contributed by atoms with van der Waals surface area (Å²) in [5.41, 5.74) is 7.81. The first-order valence-electron chi connectivity index (χ1n) is 9.52. The molecule has 3 aromatic rings. The van der Waals surface area contributed by atoms with E-state index in [1.54, 1.807) is 0 Å². The SMILES string of the molecule is CCc1noc(CC)c1CN[C@H]1CCCc2c1[nH]c1ccc(C)cc21. The largest absolute Gasteiger partial charge is 0.361 e. The third kappa shape index (κ3) is 2.89. The van der Waals surface area contributed by atoms with Gasteiger partial charge in [-0.3, -0.25) is 0 Å². The number of aromatic amines is 1. The van der Waals surface area contributed by atoms with Crippen LogP contribution in [0.3, 0.4) is 0 Å². The summed E-state index contributed by atoms with van der Waals surface area (Å²) in [4.78, 5) is 3.68. The number of nitrogens with zero attached hydrogens (tertiary/aromatic N) is 1. The molecule has 1 aliphatic carbocycles. The van der Waals surface area contributed by atoms with E-state index in [0.29, 0.717) is 6.04 Å². The van der Waals surface area contributed by atoms with Gasteiger partial charge in [0.2, 0.25) is 0 Å². The Morgan fingerprint density at radius 3 is 2.96 bits per heavy atom. The number of fused-ring (bicyclic) bond motifs is 3. The first-order valence-corrected chi connectivity index (χ1v) is 9.52. The number of nitrogens with one attached hydrogen (secondary N) is 2. The maximum atomic E-state index is 5.51. The molecule has 1 aromatic carbocycles. The van der Waals surface area contributed by atoms with Crippen LogP contribution in [0.5, 0.6) is 0 Å². The van der Waals surface area contributed by atoms with Crippen LogP contribution in [0.1, 0.15) is 66.6 Å². The molecule has 4 nitrogen and oxygen atoms in total. The fourth-order valence-corrected chi connectivity index (χ4v) is 4.14. The van der Waals surface area contributed by atoms with E-state index in [0.717, 1.165) is 30.8 Å². The van der Waals surface area contributed by atoms with Gasteiger partial charge in [-0.2, -0.15) is 0 Å². The topological polar surface area (TPSA) is 53.9 Å². The highest BCUT2D eigenvalue weighted by atomic mass is 16.5. The summed E-state index contributed by atoms with van der Waals surface area (Å²) >= 11 is 0. The Labute approximate surface area is 149 Å². The summed E-state index contributed by atoms with van der Waals surface area (Å²) < 4.78 is 5.51. The molecule has 1 atom stereocenters. The van der Waals surface area contributed by atoms with E-state index >= 15 is 0 Å². The second-order valence-electron chi connectivity index (χ2n) is 7.13. The lowest BCUT2D eigenvalue weighted by Crippen LogP contribution is -2.25. The normalized spacial score (nSPS) is 17.2. The molecule has 0 amide bonds. The van der Waals surface area contributed by atoms with E-state index in [1.807, 2.05) is 0 Å². The Balaban J connectivity index is 1.62. The van der Waals surface area contributed by atoms with Crippen LogP contribution in [0, 0.1) is 6.92 Å². The van der Waals surface area contributed by atoms with Crippen LogP contribution in [-0.4, -0.2) is 10.1 Å². The van der Waals surface area contributed by atoms with Crippen LogP contribution in [0.2, 0.25) is 0 Å². The van der Waals surface area contributed by atoms with Crippen molar-refractivity contribution in [2.75, 3.05) is 0 Å². The number of hydrogen-bond acceptors (Lipinski definition) is 3. The first-order chi connectivity index (χ1) is 12.2. The zero-order chi connectivity index (χ0) is 17.4. The van der Waals surface area contributed by atoms with Crippen LogP contribution in [0.4, 0.5) is 0 Å². The molecule has 2 aromatic heterocycles. The average molecular weight is 337 g/mol. The van der Waals surface area contributed by atoms with Gasteiger partial charge in [-0.1, -0.05) is 30.6 Å². The highest BCUT2D eigenvalue weighted by Gasteiger charge is 2.25. The summed E-state index contributed by atoms with van der Waals surface area (Å²) in [5.74, 6) is 1.02. The lowest BCUT2D eigenvalue weighted by molar-refractivity contribution is 0.378. The van der Waals surface area contributed by atoms with Gasteiger partial charge in [-0.05, 0) is 50.3 Å². The van der Waals surface area contributed by atoms with Crippen LogP contribution in [-0.2, 0) is 25.8 Å². The lowest BCUT2D eigenvalue weighted by atomic mass is 9.91. The van der Waals surface area contributed by atoms with Crippen molar-refractivity contribution < 1.29 is 4.52 Å². The number of aryl methyl sites for hydroxylation is 4. The molecule has 0 radical (unpaired) electrons. The van der Waals surface area contributed by atoms with Crippen LogP contribution in [0.15, 0.2) is 22.7 Å². The molecule has 25 heavy (non-hydrogen) atoms. The molecule has 132 valence electrons. The van der Waals surface area contributed by atoms with Crippen LogP contribution in [0.25, 0.3) is 10.9 Å². The number of hydrogen-bond donors (Lipinski definition) is 2. The van der Waals surface area contributed by atoms with E-state index in [-0.39, 0.29) is 0 Å². The average Bonchev–Trinajstić information content (AvgIpc) is 3.20. The minimum atomic E-state index is 0.376. The molecule has 0 fully saturated rings. The summed E-state index contributed by atoms with van der Waals surface area (Å²) in [6, 6.07) is 7.09. The van der Waals surface area contributed by atoms with Crippen molar-refractivity contribution in [3.63, 3.8) is 0 Å². The Kier molecular flexibility index (Phi) is 4.38. The summed E-state index contributed by atoms with van der Waals surface area (Å²) in [7, 11) is 0. The zero-order valence-corrected chi connectivity index (χ0v) is 15.4. The highest BCUT2D eigenvalue weighted by molar-refractivity contribution is 5.85. The van der Waals surface area contributed by atoms with Crippen molar-refractivity contribution >= 4 is 10.9 Å². The van der Waals surface area contributed by atoms with E-state index in [9.17, 15) is 0 Å². The van der Waals surface area contributed by atoms with Crippen molar-refractivity contribution in [2.24, 2.45) is 0 Å². The fourth-order valence-electron chi connectivity index (χ4n) is 4.14. The minimum absolute atomic E-state index is 0.376. The lowest BCUT2D eigenvalue weighted by Gasteiger charge is -2.24. The van der Waals surface area contributed by atoms with Crippen LogP contribution < -0.4 is 5.32 Å². The minimum Gasteiger partial charge on any atom is -0.361 e. The molecule has 0 unspecified atom stereocenters. The molecular weight excluding hydrogens is 310 g/mol. The maximum Gasteiger partial charge on any atom is 0.141 e. The quantitative estimate of drug-likeness (QED) is 0.706. The zero-order valence-electron chi connectivity index (χ0n) is 15.4. The molecular formula is C21H27N3O. The Morgan fingerprint density at radius 2 is 2.16 bits per heavy atom. The van der Waals surface area contributed by atoms with Gasteiger partial charge in [-0.25, -0.2) is 0 Å². The summed E-state index contributed by atoms with van der Waals surface area (Å²) in [6.07, 6.45) is 5.39.